The average Bonchev–Trinajstić information content (AvgIpc) is 2.19. The van der Waals surface area contributed by atoms with Crippen LogP contribution in [0.25, 0.3) is 0 Å². The van der Waals surface area contributed by atoms with Crippen LogP contribution in [-0.4, -0.2) is 6.61 Å². The number of ether oxygens (including phenoxy) is 1. The van der Waals surface area contributed by atoms with Crippen LogP contribution in [0.15, 0.2) is 36.9 Å². The zero-order valence-corrected chi connectivity index (χ0v) is 10.5. The quantitative estimate of drug-likeness (QED) is 0.676. The number of hydrogen-bond acceptors (Lipinski definition) is 1. The Bertz CT molecular complexity index is 402. The molecule has 1 rings (SSSR count). The second-order valence-corrected chi connectivity index (χ2v) is 4.30. The highest BCUT2D eigenvalue weighted by Gasteiger charge is 2.07. The second kappa shape index (κ2) is 5.55. The van der Waals surface area contributed by atoms with Crippen molar-refractivity contribution in [2.45, 2.75) is 27.2 Å². The fourth-order valence-corrected chi connectivity index (χ4v) is 1.69. The molecule has 1 aromatic carbocycles. The summed E-state index contributed by atoms with van der Waals surface area (Å²) in [6.45, 7) is 14.4. The molecule has 0 aliphatic heterocycles. The van der Waals surface area contributed by atoms with Crippen molar-refractivity contribution in [3.63, 3.8) is 0 Å². The largest absolute Gasteiger partial charge is 0.489 e. The molecule has 0 amide bonds. The summed E-state index contributed by atoms with van der Waals surface area (Å²) in [7, 11) is 0. The summed E-state index contributed by atoms with van der Waals surface area (Å²) in [6, 6.07) is 4.25. The van der Waals surface area contributed by atoms with Gasteiger partial charge in [-0.05, 0) is 50.0 Å². The minimum absolute atomic E-state index is 0.576. The van der Waals surface area contributed by atoms with Crippen molar-refractivity contribution in [3.05, 3.63) is 53.6 Å². The van der Waals surface area contributed by atoms with E-state index in [1.165, 1.54) is 16.7 Å². The molecule has 0 fully saturated rings. The fraction of sp³-hybridized carbons (Fsp3) is 0.333. The van der Waals surface area contributed by atoms with E-state index in [1.807, 2.05) is 13.0 Å². The third kappa shape index (κ3) is 3.27. The second-order valence-electron chi connectivity index (χ2n) is 4.30. The zero-order chi connectivity index (χ0) is 12.1. The first-order valence-electron chi connectivity index (χ1n) is 5.52. The van der Waals surface area contributed by atoms with Gasteiger partial charge < -0.3 is 4.74 Å². The maximum absolute atomic E-state index is 5.77. The van der Waals surface area contributed by atoms with E-state index in [-0.39, 0.29) is 0 Å². The maximum Gasteiger partial charge on any atom is 0.123 e. The van der Waals surface area contributed by atoms with Gasteiger partial charge in [0, 0.05) is 5.56 Å². The number of benzene rings is 1. The lowest BCUT2D eigenvalue weighted by Crippen LogP contribution is -2.02. The van der Waals surface area contributed by atoms with Crippen molar-refractivity contribution >= 4 is 0 Å². The Morgan fingerprint density at radius 2 is 2.06 bits per heavy atom. The number of aryl methyl sites for hydroxylation is 2. The topological polar surface area (TPSA) is 9.23 Å². The first-order chi connectivity index (χ1) is 7.54. The molecule has 0 heterocycles. The molecule has 0 aromatic heterocycles. The summed E-state index contributed by atoms with van der Waals surface area (Å²) in [5, 5.41) is 0. The van der Waals surface area contributed by atoms with Gasteiger partial charge >= 0.3 is 0 Å². The summed E-state index contributed by atoms with van der Waals surface area (Å²) in [6.07, 6.45) is 2.75. The number of allylic oxidation sites excluding steroid dienone is 1. The Kier molecular flexibility index (Phi) is 4.36. The molecule has 0 atom stereocenters. The Labute approximate surface area is 98.5 Å². The fourth-order valence-electron chi connectivity index (χ4n) is 1.69. The summed E-state index contributed by atoms with van der Waals surface area (Å²) < 4.78 is 5.77. The van der Waals surface area contributed by atoms with Gasteiger partial charge in [-0.15, -0.1) is 6.58 Å². The summed E-state index contributed by atoms with van der Waals surface area (Å²) >= 11 is 0. The van der Waals surface area contributed by atoms with E-state index in [1.54, 1.807) is 0 Å². The van der Waals surface area contributed by atoms with Crippen molar-refractivity contribution in [2.24, 2.45) is 0 Å². The minimum Gasteiger partial charge on any atom is -0.489 e. The first-order valence-corrected chi connectivity index (χ1v) is 5.52. The van der Waals surface area contributed by atoms with Gasteiger partial charge in [0.15, 0.2) is 0 Å². The normalized spacial score (nSPS) is 9.94. The van der Waals surface area contributed by atoms with E-state index in [0.29, 0.717) is 6.61 Å². The van der Waals surface area contributed by atoms with E-state index in [2.05, 4.69) is 39.1 Å². The van der Waals surface area contributed by atoms with Gasteiger partial charge in [0.25, 0.3) is 0 Å². The molecular formula is C15H20O. The number of rotatable bonds is 5. The van der Waals surface area contributed by atoms with Gasteiger partial charge in [0.1, 0.15) is 12.4 Å². The zero-order valence-electron chi connectivity index (χ0n) is 10.5. The third-order valence-corrected chi connectivity index (χ3v) is 2.40. The molecule has 0 aliphatic carbocycles. The Morgan fingerprint density at radius 1 is 1.38 bits per heavy atom. The molecule has 0 saturated carbocycles. The van der Waals surface area contributed by atoms with Gasteiger partial charge in [-0.2, -0.15) is 0 Å². The SMILES string of the molecule is C=CCc1c(C)cc(C)cc1OCC(=C)C. The van der Waals surface area contributed by atoms with Crippen molar-refractivity contribution in [1.29, 1.82) is 0 Å². The average molecular weight is 216 g/mol. The molecule has 0 saturated heterocycles. The predicted molar refractivity (Wildman–Crippen MR) is 70.1 cm³/mol. The minimum atomic E-state index is 0.576. The van der Waals surface area contributed by atoms with Crippen molar-refractivity contribution in [2.75, 3.05) is 6.61 Å². The highest BCUT2D eigenvalue weighted by molar-refractivity contribution is 5.44. The van der Waals surface area contributed by atoms with Gasteiger partial charge in [-0.25, -0.2) is 0 Å². The molecule has 1 heteroatoms. The highest BCUT2D eigenvalue weighted by atomic mass is 16.5. The van der Waals surface area contributed by atoms with E-state index < -0.39 is 0 Å². The lowest BCUT2D eigenvalue weighted by atomic mass is 10.0. The van der Waals surface area contributed by atoms with E-state index in [0.717, 1.165) is 17.7 Å². The molecule has 86 valence electrons. The Balaban J connectivity index is 3.02. The van der Waals surface area contributed by atoms with Gasteiger partial charge in [0.2, 0.25) is 0 Å². The lowest BCUT2D eigenvalue weighted by Gasteiger charge is -2.14. The third-order valence-electron chi connectivity index (χ3n) is 2.40. The standard InChI is InChI=1S/C15H20O/c1-6-7-14-13(5)8-12(4)9-15(14)16-10-11(2)3/h6,8-9H,1-2,7,10H2,3-5H3. The summed E-state index contributed by atoms with van der Waals surface area (Å²) in [5.74, 6) is 0.959. The van der Waals surface area contributed by atoms with E-state index in [9.17, 15) is 0 Å². The van der Waals surface area contributed by atoms with Crippen LogP contribution >= 0.6 is 0 Å². The molecule has 0 bridgehead atoms. The van der Waals surface area contributed by atoms with Crippen molar-refractivity contribution in [1.82, 2.24) is 0 Å². The van der Waals surface area contributed by atoms with Crippen LogP contribution in [-0.2, 0) is 6.42 Å². The van der Waals surface area contributed by atoms with Crippen LogP contribution in [0, 0.1) is 13.8 Å². The smallest absolute Gasteiger partial charge is 0.123 e. The first kappa shape index (κ1) is 12.6. The van der Waals surface area contributed by atoms with Crippen LogP contribution in [0.4, 0.5) is 0 Å². The van der Waals surface area contributed by atoms with Crippen molar-refractivity contribution in [3.8, 4) is 5.75 Å². The molecule has 0 spiro atoms. The number of hydrogen-bond donors (Lipinski definition) is 0. The molecule has 0 N–H and O–H groups in total. The Morgan fingerprint density at radius 3 is 2.62 bits per heavy atom. The lowest BCUT2D eigenvalue weighted by molar-refractivity contribution is 0.349. The summed E-state index contributed by atoms with van der Waals surface area (Å²) in [4.78, 5) is 0. The molecule has 0 unspecified atom stereocenters. The molecule has 0 radical (unpaired) electrons. The van der Waals surface area contributed by atoms with Crippen LogP contribution < -0.4 is 4.74 Å². The van der Waals surface area contributed by atoms with Crippen LogP contribution in [0.3, 0.4) is 0 Å². The molecule has 16 heavy (non-hydrogen) atoms. The van der Waals surface area contributed by atoms with Gasteiger partial charge in [-0.1, -0.05) is 18.7 Å². The van der Waals surface area contributed by atoms with Crippen molar-refractivity contribution < 1.29 is 4.74 Å². The van der Waals surface area contributed by atoms with Crippen LogP contribution in [0.2, 0.25) is 0 Å². The highest BCUT2D eigenvalue weighted by Crippen LogP contribution is 2.25. The molecular weight excluding hydrogens is 196 g/mol. The van der Waals surface area contributed by atoms with Gasteiger partial charge in [0.05, 0.1) is 0 Å². The van der Waals surface area contributed by atoms with Crippen LogP contribution in [0.5, 0.6) is 5.75 Å². The molecule has 0 aliphatic rings. The molecule has 1 nitrogen and oxygen atoms in total. The molecule has 1 aromatic rings. The monoisotopic (exact) mass is 216 g/mol. The van der Waals surface area contributed by atoms with E-state index >= 15 is 0 Å². The predicted octanol–water partition coefficient (Wildman–Crippen LogP) is 3.99. The van der Waals surface area contributed by atoms with E-state index in [4.69, 9.17) is 4.74 Å². The van der Waals surface area contributed by atoms with Crippen LogP contribution in [0.1, 0.15) is 23.6 Å². The maximum atomic E-state index is 5.77. The Hall–Kier alpha value is -1.50. The van der Waals surface area contributed by atoms with Gasteiger partial charge in [-0.3, -0.25) is 0 Å². The summed E-state index contributed by atoms with van der Waals surface area (Å²) in [5.41, 5.74) is 4.74.